The summed E-state index contributed by atoms with van der Waals surface area (Å²) in [6.45, 7) is 0. The smallest absolute Gasteiger partial charge is 0.294 e. The number of benzene rings is 1. The van der Waals surface area contributed by atoms with Crippen LogP contribution in [0.3, 0.4) is 0 Å². The van der Waals surface area contributed by atoms with Crippen LogP contribution in [0.1, 0.15) is 23.8 Å². The zero-order chi connectivity index (χ0) is 7.68. The lowest BCUT2D eigenvalue weighted by molar-refractivity contribution is 0.0994. The molecule has 1 aromatic rings. The molecule has 1 nitrogen and oxygen atoms in total. The summed E-state index contributed by atoms with van der Waals surface area (Å²) in [5, 5.41) is 0. The van der Waals surface area contributed by atoms with Gasteiger partial charge < -0.3 is 0 Å². The molecule has 0 aliphatic heterocycles. The molecule has 0 bridgehead atoms. The molecule has 1 aliphatic rings. The largest absolute Gasteiger partial charge is 1.00 e. The summed E-state index contributed by atoms with van der Waals surface area (Å²) in [5.41, 5.74) is 1.90. The van der Waals surface area contributed by atoms with Gasteiger partial charge in [-0.3, -0.25) is 4.79 Å². The van der Waals surface area contributed by atoms with Crippen LogP contribution in [0.4, 0.5) is 0 Å². The number of rotatable bonds is 0. The molecule has 0 spiro atoms. The Morgan fingerprint density at radius 2 is 2.09 bits per heavy atom. The van der Waals surface area contributed by atoms with Gasteiger partial charge in [-0.25, -0.2) is 0 Å². The van der Waals surface area contributed by atoms with Gasteiger partial charge in [0.2, 0.25) is 0 Å². The monoisotopic (exact) mass is 145 g/mol. The van der Waals surface area contributed by atoms with E-state index in [4.69, 9.17) is 0 Å². The van der Waals surface area contributed by atoms with E-state index in [1.807, 2.05) is 36.4 Å². The first kappa shape index (κ1) is 6.35. The maximum atomic E-state index is 11.2. The Labute approximate surface area is 66.8 Å². The van der Waals surface area contributed by atoms with E-state index in [0.717, 1.165) is 11.1 Å². The molecule has 0 saturated carbocycles. The number of fused-ring (bicyclic) bond motifs is 1. The third kappa shape index (κ3) is 0.984. The fourth-order valence-electron chi connectivity index (χ4n) is 1.30. The van der Waals surface area contributed by atoms with Gasteiger partial charge in [-0.15, -0.1) is 0 Å². The Kier molecular flexibility index (Phi) is 1.35. The summed E-state index contributed by atoms with van der Waals surface area (Å²) in [5.74, 6) is 0.225. The first-order valence-electron chi connectivity index (χ1n) is 3.67. The summed E-state index contributed by atoms with van der Waals surface area (Å²) < 4.78 is 0. The third-order valence-corrected chi connectivity index (χ3v) is 1.86. The number of ketones is 1. The van der Waals surface area contributed by atoms with Crippen molar-refractivity contribution in [3.8, 4) is 0 Å². The minimum Gasteiger partial charge on any atom is -0.294 e. The highest BCUT2D eigenvalue weighted by Gasteiger charge is 2.10. The van der Waals surface area contributed by atoms with Crippen LogP contribution < -0.4 is 0 Å². The van der Waals surface area contributed by atoms with E-state index in [1.165, 1.54) is 0 Å². The molecule has 0 atom stereocenters. The average Bonchev–Trinajstić information content (AvgIpc) is 2.06. The third-order valence-electron chi connectivity index (χ3n) is 1.86. The Morgan fingerprint density at radius 1 is 1.27 bits per heavy atom. The Balaban J connectivity index is 0.000000720. The van der Waals surface area contributed by atoms with Gasteiger partial charge in [-0.1, -0.05) is 36.4 Å². The van der Waals surface area contributed by atoms with Crippen molar-refractivity contribution in [2.75, 3.05) is 0 Å². The van der Waals surface area contributed by atoms with Crippen molar-refractivity contribution < 1.29 is 6.22 Å². The molecule has 0 aromatic heterocycles. The zero-order valence-corrected chi connectivity index (χ0v) is 6.08. The van der Waals surface area contributed by atoms with Crippen molar-refractivity contribution in [3.63, 3.8) is 0 Å². The van der Waals surface area contributed by atoms with Gasteiger partial charge in [0.05, 0.1) is 0 Å². The summed E-state index contributed by atoms with van der Waals surface area (Å²) in [6.07, 6.45) is 4.46. The molecular formula is C10H9O+. The van der Waals surface area contributed by atoms with Gasteiger partial charge in [0.1, 0.15) is 0 Å². The van der Waals surface area contributed by atoms with E-state index < -0.39 is 0 Å². The van der Waals surface area contributed by atoms with Crippen molar-refractivity contribution in [1.82, 2.24) is 0 Å². The van der Waals surface area contributed by atoms with Gasteiger partial charge >= 0.3 is 1.43 Å². The van der Waals surface area contributed by atoms with Gasteiger partial charge in [-0.2, -0.15) is 0 Å². The number of carbonyl (C=O) groups is 1. The molecule has 1 heteroatoms. The van der Waals surface area contributed by atoms with E-state index in [2.05, 4.69) is 0 Å². The Hall–Kier alpha value is -1.37. The van der Waals surface area contributed by atoms with Gasteiger partial charge in [0, 0.05) is 12.0 Å². The Bertz CT molecular complexity index is 328. The molecular weight excluding hydrogens is 136 g/mol. The van der Waals surface area contributed by atoms with Crippen LogP contribution in [0.15, 0.2) is 30.3 Å². The van der Waals surface area contributed by atoms with Crippen LogP contribution in [-0.4, -0.2) is 5.78 Å². The normalized spacial score (nSPS) is 14.7. The van der Waals surface area contributed by atoms with Crippen molar-refractivity contribution in [3.05, 3.63) is 41.5 Å². The first-order chi connectivity index (χ1) is 5.38. The highest BCUT2D eigenvalue weighted by Crippen LogP contribution is 2.17. The molecule has 11 heavy (non-hydrogen) atoms. The van der Waals surface area contributed by atoms with Crippen LogP contribution in [0.2, 0.25) is 0 Å². The zero-order valence-electron chi connectivity index (χ0n) is 7.08. The summed E-state index contributed by atoms with van der Waals surface area (Å²) in [6, 6.07) is 7.68. The van der Waals surface area contributed by atoms with Gasteiger partial charge in [0.25, 0.3) is 0 Å². The molecule has 2 rings (SSSR count). The highest BCUT2D eigenvalue weighted by atomic mass is 16.1. The highest BCUT2D eigenvalue weighted by molar-refractivity contribution is 6.02. The molecule has 54 valence electrons. The van der Waals surface area contributed by atoms with Crippen LogP contribution >= 0.6 is 0 Å². The number of allylic oxidation sites excluding steroid dienone is 1. The molecule has 0 fully saturated rings. The summed E-state index contributed by atoms with van der Waals surface area (Å²) >= 11 is 0. The van der Waals surface area contributed by atoms with Crippen molar-refractivity contribution in [2.24, 2.45) is 0 Å². The standard InChI is InChI=1S/C10H8O/c11-10-7-3-5-8-4-1-2-6-9(8)10/h1-6H,7H2/p+1. The second-order valence-electron chi connectivity index (χ2n) is 2.62. The van der Waals surface area contributed by atoms with Gasteiger partial charge in [-0.05, 0) is 5.56 Å². The Morgan fingerprint density at radius 3 is 2.91 bits per heavy atom. The molecule has 0 amide bonds. The topological polar surface area (TPSA) is 17.1 Å². The van der Waals surface area contributed by atoms with Gasteiger partial charge in [0.15, 0.2) is 5.78 Å². The molecule has 0 heterocycles. The first-order valence-corrected chi connectivity index (χ1v) is 3.67. The lowest BCUT2D eigenvalue weighted by atomic mass is 9.97. The van der Waals surface area contributed by atoms with Crippen LogP contribution in [-0.2, 0) is 0 Å². The molecule has 0 radical (unpaired) electrons. The van der Waals surface area contributed by atoms with E-state index in [9.17, 15) is 4.79 Å². The van der Waals surface area contributed by atoms with E-state index in [0.29, 0.717) is 6.42 Å². The van der Waals surface area contributed by atoms with Crippen LogP contribution in [0.5, 0.6) is 0 Å². The average molecular weight is 145 g/mol. The SMILES string of the molecule is O=C1CC=Cc2ccccc21.[H+]. The number of carbonyl (C=O) groups excluding carboxylic acids is 1. The summed E-state index contributed by atoms with van der Waals surface area (Å²) in [7, 11) is 0. The molecule has 1 aromatic carbocycles. The molecule has 0 N–H and O–H groups in total. The predicted molar refractivity (Wildman–Crippen MR) is 45.5 cm³/mol. The number of hydrogen-bond acceptors (Lipinski definition) is 1. The van der Waals surface area contributed by atoms with E-state index >= 15 is 0 Å². The second kappa shape index (κ2) is 2.35. The van der Waals surface area contributed by atoms with Crippen LogP contribution in [0, 0.1) is 0 Å². The molecule has 0 unspecified atom stereocenters. The molecule has 1 aliphatic carbocycles. The van der Waals surface area contributed by atoms with Crippen molar-refractivity contribution in [2.45, 2.75) is 6.42 Å². The van der Waals surface area contributed by atoms with E-state index in [-0.39, 0.29) is 7.21 Å². The lowest BCUT2D eigenvalue weighted by Crippen LogP contribution is -2.02. The van der Waals surface area contributed by atoms with Crippen molar-refractivity contribution >= 4 is 11.9 Å². The molecule has 0 saturated heterocycles. The number of Topliss-reactive ketones (excluding diaryl/α,β-unsaturated/α-hetero) is 1. The second-order valence-corrected chi connectivity index (χ2v) is 2.62. The predicted octanol–water partition coefficient (Wildman–Crippen LogP) is 2.40. The van der Waals surface area contributed by atoms with Crippen LogP contribution in [0.25, 0.3) is 6.08 Å². The number of hydrogen-bond donors (Lipinski definition) is 0. The maximum Gasteiger partial charge on any atom is 1.00 e. The fraction of sp³-hybridized carbons (Fsp3) is 0.100. The minimum absolute atomic E-state index is 0. The maximum absolute atomic E-state index is 11.2. The van der Waals surface area contributed by atoms with E-state index in [1.54, 1.807) is 0 Å². The summed E-state index contributed by atoms with van der Waals surface area (Å²) in [4.78, 5) is 11.2. The minimum atomic E-state index is 0. The lowest BCUT2D eigenvalue weighted by Gasteiger charge is -2.07. The quantitative estimate of drug-likeness (QED) is 0.547. The van der Waals surface area contributed by atoms with Crippen molar-refractivity contribution in [1.29, 1.82) is 0 Å². The fourth-order valence-corrected chi connectivity index (χ4v) is 1.30.